The van der Waals surface area contributed by atoms with Gasteiger partial charge in [-0.3, -0.25) is 13.9 Å². The van der Waals surface area contributed by atoms with E-state index in [0.717, 1.165) is 36.4 Å². The lowest BCUT2D eigenvalue weighted by Crippen LogP contribution is -2.54. The second-order valence-electron chi connectivity index (χ2n) is 10.3. The molecule has 1 atom stereocenters. The molecule has 1 saturated carbocycles. The lowest BCUT2D eigenvalue weighted by Gasteiger charge is -2.34. The van der Waals surface area contributed by atoms with Gasteiger partial charge in [0, 0.05) is 22.6 Å². The van der Waals surface area contributed by atoms with Crippen molar-refractivity contribution in [1.29, 1.82) is 0 Å². The monoisotopic (exact) mass is 649 g/mol. The number of nitrogens with one attached hydrogen (secondary N) is 1. The van der Waals surface area contributed by atoms with E-state index in [2.05, 4.69) is 5.32 Å². The molecule has 0 unspecified atom stereocenters. The largest absolute Gasteiger partial charge is 0.352 e. The number of halogens is 3. The number of carbonyl (C=O) groups is 2. The number of rotatable bonds is 11. The second-order valence-corrected chi connectivity index (χ2v) is 13.4. The van der Waals surface area contributed by atoms with Gasteiger partial charge in [0.25, 0.3) is 10.0 Å². The normalized spacial score (nSPS) is 14.7. The lowest BCUT2D eigenvalue weighted by molar-refractivity contribution is -0.140. The highest BCUT2D eigenvalue weighted by Crippen LogP contribution is 2.33. The summed E-state index contributed by atoms with van der Waals surface area (Å²) < 4.78 is 28.9. The molecular formula is C31H34Cl3N3O4S. The summed E-state index contributed by atoms with van der Waals surface area (Å²) in [5.74, 6) is -0.862. The maximum atomic E-state index is 14.2. The zero-order valence-electron chi connectivity index (χ0n) is 23.3. The molecule has 0 aromatic heterocycles. The van der Waals surface area contributed by atoms with E-state index in [-0.39, 0.29) is 39.1 Å². The van der Waals surface area contributed by atoms with Crippen LogP contribution in [0.15, 0.2) is 77.7 Å². The Morgan fingerprint density at radius 2 is 1.57 bits per heavy atom. The summed E-state index contributed by atoms with van der Waals surface area (Å²) in [5.41, 5.74) is 0.688. The Bertz CT molecular complexity index is 1500. The van der Waals surface area contributed by atoms with Crippen LogP contribution in [0.25, 0.3) is 0 Å². The highest BCUT2D eigenvalue weighted by atomic mass is 35.5. The zero-order chi connectivity index (χ0) is 30.3. The molecule has 224 valence electrons. The number of anilines is 1. The molecule has 4 rings (SSSR count). The summed E-state index contributed by atoms with van der Waals surface area (Å²) in [6, 6.07) is 18.4. The zero-order valence-corrected chi connectivity index (χ0v) is 26.4. The van der Waals surface area contributed by atoms with Crippen molar-refractivity contribution in [3.63, 3.8) is 0 Å². The fraction of sp³-hybridized carbons (Fsp3) is 0.355. The van der Waals surface area contributed by atoms with Gasteiger partial charge in [-0.25, -0.2) is 8.42 Å². The van der Waals surface area contributed by atoms with E-state index in [4.69, 9.17) is 34.8 Å². The first-order valence-electron chi connectivity index (χ1n) is 14.0. The molecule has 0 spiro atoms. The Labute approximate surface area is 262 Å². The van der Waals surface area contributed by atoms with Crippen LogP contribution in [0.2, 0.25) is 15.1 Å². The Morgan fingerprint density at radius 3 is 2.24 bits per heavy atom. The van der Waals surface area contributed by atoms with Crippen molar-refractivity contribution in [2.45, 2.75) is 69.0 Å². The van der Waals surface area contributed by atoms with Crippen LogP contribution >= 0.6 is 34.8 Å². The average Bonchev–Trinajstić information content (AvgIpc) is 2.99. The molecule has 3 aromatic rings. The fourth-order valence-corrected chi connectivity index (χ4v) is 7.26. The van der Waals surface area contributed by atoms with Crippen LogP contribution in [0.1, 0.15) is 51.0 Å². The molecule has 1 aliphatic carbocycles. The summed E-state index contributed by atoms with van der Waals surface area (Å²) in [7, 11) is -4.26. The smallest absolute Gasteiger partial charge is 0.264 e. The predicted octanol–water partition coefficient (Wildman–Crippen LogP) is 7.10. The van der Waals surface area contributed by atoms with Gasteiger partial charge in [-0.15, -0.1) is 0 Å². The van der Waals surface area contributed by atoms with Crippen LogP contribution in [0.4, 0.5) is 5.69 Å². The van der Waals surface area contributed by atoms with E-state index in [9.17, 15) is 18.0 Å². The van der Waals surface area contributed by atoms with Crippen molar-refractivity contribution in [3.8, 4) is 0 Å². The number of benzene rings is 3. The summed E-state index contributed by atoms with van der Waals surface area (Å²) in [6.45, 7) is 1.22. The summed E-state index contributed by atoms with van der Waals surface area (Å²) in [4.78, 5) is 29.3. The SMILES string of the molecule is CC[C@H](C(=O)NC1CCCCC1)N(Cc1ccccc1Cl)C(=O)CN(c1cc(Cl)ccc1Cl)S(=O)(=O)c1ccccc1. The van der Waals surface area contributed by atoms with E-state index in [0.29, 0.717) is 17.0 Å². The maximum Gasteiger partial charge on any atom is 0.264 e. The Kier molecular flexibility index (Phi) is 11.2. The third kappa shape index (κ3) is 7.78. The highest BCUT2D eigenvalue weighted by molar-refractivity contribution is 7.92. The van der Waals surface area contributed by atoms with Gasteiger partial charge in [0.2, 0.25) is 11.8 Å². The molecule has 11 heteroatoms. The Hall–Kier alpha value is -2.78. The van der Waals surface area contributed by atoms with E-state index in [1.807, 2.05) is 6.92 Å². The minimum absolute atomic E-state index is 0.0115. The summed E-state index contributed by atoms with van der Waals surface area (Å²) in [6.07, 6.45) is 5.30. The van der Waals surface area contributed by atoms with E-state index in [1.54, 1.807) is 42.5 Å². The molecule has 1 N–H and O–H groups in total. The molecule has 2 amide bonds. The van der Waals surface area contributed by atoms with Crippen LogP contribution in [-0.4, -0.2) is 43.8 Å². The first-order valence-corrected chi connectivity index (χ1v) is 16.5. The molecule has 3 aromatic carbocycles. The van der Waals surface area contributed by atoms with E-state index in [1.165, 1.54) is 35.2 Å². The maximum absolute atomic E-state index is 14.2. The number of sulfonamides is 1. The summed E-state index contributed by atoms with van der Waals surface area (Å²) in [5, 5.41) is 3.92. The van der Waals surface area contributed by atoms with Gasteiger partial charge >= 0.3 is 0 Å². The van der Waals surface area contributed by atoms with Gasteiger partial charge in [-0.2, -0.15) is 0 Å². The molecule has 42 heavy (non-hydrogen) atoms. The molecule has 0 heterocycles. The van der Waals surface area contributed by atoms with Crippen LogP contribution in [0, 0.1) is 0 Å². The second kappa shape index (κ2) is 14.6. The molecule has 1 aliphatic rings. The number of hydrogen-bond acceptors (Lipinski definition) is 4. The minimum Gasteiger partial charge on any atom is -0.352 e. The fourth-order valence-electron chi connectivity index (χ4n) is 5.18. The summed E-state index contributed by atoms with van der Waals surface area (Å²) >= 11 is 19.2. The van der Waals surface area contributed by atoms with Crippen LogP contribution < -0.4 is 9.62 Å². The van der Waals surface area contributed by atoms with Crippen molar-refractivity contribution in [1.82, 2.24) is 10.2 Å². The lowest BCUT2D eigenvalue weighted by atomic mass is 9.95. The average molecular weight is 651 g/mol. The molecule has 0 saturated heterocycles. The van der Waals surface area contributed by atoms with Gasteiger partial charge in [0.1, 0.15) is 12.6 Å². The molecular weight excluding hydrogens is 617 g/mol. The molecule has 7 nitrogen and oxygen atoms in total. The van der Waals surface area contributed by atoms with Gasteiger partial charge in [0.05, 0.1) is 15.6 Å². The number of nitrogens with zero attached hydrogens (tertiary/aromatic N) is 2. The van der Waals surface area contributed by atoms with Crippen molar-refractivity contribution in [2.75, 3.05) is 10.8 Å². The van der Waals surface area contributed by atoms with E-state index < -0.39 is 28.5 Å². The number of hydrogen-bond donors (Lipinski definition) is 1. The molecule has 1 fully saturated rings. The predicted molar refractivity (Wildman–Crippen MR) is 169 cm³/mol. The van der Waals surface area contributed by atoms with Gasteiger partial charge in [-0.1, -0.05) is 97.4 Å². The standard InChI is InChI=1S/C31H34Cl3N3O4S/c1-2-28(31(39)35-24-12-5-3-6-13-24)36(20-22-11-9-10-16-26(22)33)30(38)21-37(29-19-23(32)17-18-27(29)34)42(40,41)25-14-7-4-8-15-25/h4,7-11,14-19,24,28H,2-3,5-6,12-13,20-21H2,1H3,(H,35,39)/t28-/m1/s1. The third-order valence-corrected chi connectivity index (χ3v) is 10.1. The van der Waals surface area contributed by atoms with Gasteiger partial charge in [-0.05, 0) is 61.2 Å². The van der Waals surface area contributed by atoms with Gasteiger partial charge < -0.3 is 10.2 Å². The quantitative estimate of drug-likeness (QED) is 0.240. The molecule has 0 radical (unpaired) electrons. The topological polar surface area (TPSA) is 86.8 Å². The van der Waals surface area contributed by atoms with Crippen LogP contribution in [-0.2, 0) is 26.2 Å². The first-order chi connectivity index (χ1) is 20.1. The molecule has 0 aliphatic heterocycles. The number of amides is 2. The van der Waals surface area contributed by atoms with Crippen LogP contribution in [0.3, 0.4) is 0 Å². The van der Waals surface area contributed by atoms with Crippen molar-refractivity contribution >= 4 is 62.3 Å². The van der Waals surface area contributed by atoms with E-state index >= 15 is 0 Å². The third-order valence-electron chi connectivity index (χ3n) is 7.42. The van der Waals surface area contributed by atoms with Crippen molar-refractivity contribution in [3.05, 3.63) is 93.4 Å². The van der Waals surface area contributed by atoms with Crippen molar-refractivity contribution in [2.24, 2.45) is 0 Å². The Morgan fingerprint density at radius 1 is 0.905 bits per heavy atom. The van der Waals surface area contributed by atoms with Crippen LogP contribution in [0.5, 0.6) is 0 Å². The van der Waals surface area contributed by atoms with Crippen molar-refractivity contribution < 1.29 is 18.0 Å². The minimum atomic E-state index is -4.26. The first kappa shape index (κ1) is 32.1. The molecule has 0 bridgehead atoms. The van der Waals surface area contributed by atoms with Gasteiger partial charge in [0.15, 0.2) is 0 Å². The number of carbonyl (C=O) groups excluding carboxylic acids is 2. The highest BCUT2D eigenvalue weighted by Gasteiger charge is 2.35. The Balaban J connectivity index is 1.74.